The van der Waals surface area contributed by atoms with Crippen molar-refractivity contribution in [3.8, 4) is 17.0 Å². The van der Waals surface area contributed by atoms with Crippen molar-refractivity contribution >= 4 is 35.3 Å². The van der Waals surface area contributed by atoms with Crippen molar-refractivity contribution in [3.63, 3.8) is 0 Å². The van der Waals surface area contributed by atoms with Crippen LogP contribution in [0.2, 0.25) is 0 Å². The number of nitrogens with one attached hydrogen (secondary N) is 3. The molecule has 0 saturated carbocycles. The fraction of sp³-hybridized carbons (Fsp3) is 0.0870. The molecule has 0 aliphatic heterocycles. The number of nitrogens with zero attached hydrogens (tertiary/aromatic N) is 4. The van der Waals surface area contributed by atoms with E-state index in [1.165, 1.54) is 49.1 Å². The molecule has 186 valence electrons. The van der Waals surface area contributed by atoms with Gasteiger partial charge in [-0.1, -0.05) is 6.58 Å². The number of amides is 1. The van der Waals surface area contributed by atoms with Crippen molar-refractivity contribution in [2.45, 2.75) is 6.61 Å². The number of rotatable bonds is 10. The van der Waals surface area contributed by atoms with Crippen LogP contribution in [-0.4, -0.2) is 40.7 Å². The van der Waals surface area contributed by atoms with Gasteiger partial charge in [-0.3, -0.25) is 9.79 Å². The highest BCUT2D eigenvalue weighted by Gasteiger charge is 2.15. The van der Waals surface area contributed by atoms with Gasteiger partial charge in [-0.2, -0.15) is 13.8 Å². The van der Waals surface area contributed by atoms with Crippen molar-refractivity contribution in [1.82, 2.24) is 15.0 Å². The van der Waals surface area contributed by atoms with Crippen LogP contribution in [0.25, 0.3) is 11.1 Å². The number of carbonyl (C=O) groups is 1. The molecule has 10 nitrogen and oxygen atoms in total. The Morgan fingerprint density at radius 2 is 2.03 bits per heavy atom. The number of hydrogen-bond acceptors (Lipinski definition) is 9. The Morgan fingerprint density at radius 1 is 1.22 bits per heavy atom. The molecule has 0 atom stereocenters. The van der Waals surface area contributed by atoms with Crippen molar-refractivity contribution in [3.05, 3.63) is 73.1 Å². The average molecular weight is 498 g/mol. The topological polar surface area (TPSA) is 139 Å². The molecule has 0 fully saturated rings. The Hall–Kier alpha value is -4.94. The second kappa shape index (κ2) is 12.0. The fourth-order valence-corrected chi connectivity index (χ4v) is 2.89. The molecule has 0 radical (unpaired) electrons. The molecule has 0 spiro atoms. The van der Waals surface area contributed by atoms with E-state index in [4.69, 9.17) is 5.73 Å². The van der Waals surface area contributed by atoms with Crippen LogP contribution in [0.15, 0.2) is 72.3 Å². The predicted octanol–water partition coefficient (Wildman–Crippen LogP) is 4.06. The summed E-state index contributed by atoms with van der Waals surface area (Å²) in [6.45, 7) is 0.306. The number of ether oxygens (including phenoxy) is 1. The molecule has 3 aromatic rings. The van der Waals surface area contributed by atoms with E-state index in [1.807, 2.05) is 0 Å². The van der Waals surface area contributed by atoms with Crippen LogP contribution >= 0.6 is 0 Å². The summed E-state index contributed by atoms with van der Waals surface area (Å²) in [6, 6.07) is 6.64. The first-order valence-corrected chi connectivity index (χ1v) is 10.2. The number of aromatic nitrogens is 3. The van der Waals surface area contributed by atoms with Crippen LogP contribution in [0, 0.1) is 5.82 Å². The maximum absolute atomic E-state index is 14.7. The number of allylic oxidation sites excluding steroid dienone is 1. The van der Waals surface area contributed by atoms with Crippen molar-refractivity contribution in [2.75, 3.05) is 23.0 Å². The Morgan fingerprint density at radius 3 is 2.72 bits per heavy atom. The maximum Gasteiger partial charge on any atom is 0.388 e. The minimum Gasteiger partial charge on any atom is -0.417 e. The summed E-state index contributed by atoms with van der Waals surface area (Å²) in [4.78, 5) is 27.9. The van der Waals surface area contributed by atoms with Crippen molar-refractivity contribution in [1.29, 1.82) is 0 Å². The molecule has 0 unspecified atom stereocenters. The number of benzene rings is 1. The summed E-state index contributed by atoms with van der Waals surface area (Å²) >= 11 is 0. The molecule has 2 heterocycles. The third-order valence-corrected chi connectivity index (χ3v) is 4.42. The van der Waals surface area contributed by atoms with E-state index < -0.39 is 18.3 Å². The van der Waals surface area contributed by atoms with Gasteiger partial charge < -0.3 is 26.4 Å². The number of aliphatic imine (C=N–C) groups is 1. The summed E-state index contributed by atoms with van der Waals surface area (Å²) in [5.41, 5.74) is 6.88. The van der Waals surface area contributed by atoms with E-state index in [1.54, 1.807) is 7.05 Å². The van der Waals surface area contributed by atoms with Crippen LogP contribution in [0.1, 0.15) is 0 Å². The smallest absolute Gasteiger partial charge is 0.388 e. The zero-order valence-electron chi connectivity index (χ0n) is 18.9. The zero-order chi connectivity index (χ0) is 26.1. The van der Waals surface area contributed by atoms with Crippen molar-refractivity contribution in [2.24, 2.45) is 10.7 Å². The number of hydrogen-bond donors (Lipinski definition) is 4. The Bertz CT molecular complexity index is 1310. The molecular weight excluding hydrogens is 477 g/mol. The monoisotopic (exact) mass is 498 g/mol. The molecular formula is C23H21F3N8O2. The lowest BCUT2D eigenvalue weighted by atomic mass is 10.1. The molecule has 0 aliphatic carbocycles. The van der Waals surface area contributed by atoms with Gasteiger partial charge in [-0.15, -0.1) is 0 Å². The van der Waals surface area contributed by atoms with Crippen LogP contribution in [0.3, 0.4) is 0 Å². The van der Waals surface area contributed by atoms with Gasteiger partial charge in [-0.05, 0) is 35.9 Å². The number of alkyl halides is 2. The first kappa shape index (κ1) is 25.7. The summed E-state index contributed by atoms with van der Waals surface area (Å²) < 4.78 is 44.4. The van der Waals surface area contributed by atoms with Gasteiger partial charge in [-0.25, -0.2) is 14.4 Å². The van der Waals surface area contributed by atoms with E-state index in [0.29, 0.717) is 22.5 Å². The highest BCUT2D eigenvalue weighted by molar-refractivity contribution is 5.99. The number of carbonyl (C=O) groups excluding carboxylic acids is 1. The minimum atomic E-state index is -3.07. The molecule has 1 amide bonds. The highest BCUT2D eigenvalue weighted by atomic mass is 19.3. The van der Waals surface area contributed by atoms with Gasteiger partial charge in [0.2, 0.25) is 17.7 Å². The summed E-state index contributed by atoms with van der Waals surface area (Å²) in [7, 11) is 1.55. The van der Waals surface area contributed by atoms with Crippen molar-refractivity contribution < 1.29 is 22.7 Å². The second-order valence-electron chi connectivity index (χ2n) is 6.86. The van der Waals surface area contributed by atoms with E-state index in [0.717, 1.165) is 12.1 Å². The molecule has 5 N–H and O–H groups in total. The van der Waals surface area contributed by atoms with E-state index in [9.17, 15) is 18.0 Å². The molecule has 1 aromatic carbocycles. The van der Waals surface area contributed by atoms with Gasteiger partial charge in [0.15, 0.2) is 0 Å². The molecule has 13 heteroatoms. The van der Waals surface area contributed by atoms with Crippen LogP contribution in [0.4, 0.5) is 36.3 Å². The first-order chi connectivity index (χ1) is 17.3. The number of pyridine rings is 1. The Labute approximate surface area is 203 Å². The maximum atomic E-state index is 14.7. The van der Waals surface area contributed by atoms with Crippen LogP contribution < -0.4 is 26.4 Å². The quantitative estimate of drug-likeness (QED) is 0.242. The predicted molar refractivity (Wildman–Crippen MR) is 131 cm³/mol. The zero-order valence-corrected chi connectivity index (χ0v) is 18.9. The molecule has 36 heavy (non-hydrogen) atoms. The van der Waals surface area contributed by atoms with Gasteiger partial charge in [0.05, 0.1) is 11.4 Å². The van der Waals surface area contributed by atoms with E-state index in [2.05, 4.69) is 47.2 Å². The number of nitrogens with two attached hydrogens (primary N) is 1. The van der Waals surface area contributed by atoms with E-state index >= 15 is 0 Å². The van der Waals surface area contributed by atoms with Gasteiger partial charge in [0.25, 0.3) is 0 Å². The second-order valence-corrected chi connectivity index (χ2v) is 6.86. The number of halogens is 3. The largest absolute Gasteiger partial charge is 0.417 e. The van der Waals surface area contributed by atoms with E-state index in [-0.39, 0.29) is 23.3 Å². The summed E-state index contributed by atoms with van der Waals surface area (Å²) in [6.07, 6.45) is 6.41. The molecule has 3 rings (SSSR count). The Kier molecular flexibility index (Phi) is 8.54. The van der Waals surface area contributed by atoms with Crippen LogP contribution in [-0.2, 0) is 4.79 Å². The third-order valence-electron chi connectivity index (χ3n) is 4.42. The normalized spacial score (nSPS) is 11.4. The summed E-state index contributed by atoms with van der Waals surface area (Å²) in [5, 5.41) is 8.25. The lowest BCUT2D eigenvalue weighted by molar-refractivity contribution is -0.111. The lowest BCUT2D eigenvalue weighted by Crippen LogP contribution is -2.10. The highest BCUT2D eigenvalue weighted by Crippen LogP contribution is 2.32. The van der Waals surface area contributed by atoms with Crippen LogP contribution in [0.5, 0.6) is 5.88 Å². The minimum absolute atomic E-state index is 0.0365. The molecule has 0 aliphatic rings. The number of anilines is 4. The SMILES string of the molecule is C=CC(=O)Nc1ccc(F)c(Nc2nc(N/C(C=NC)=C/N)ncc2-c2ccnc(OC(F)F)c2)c1. The first-order valence-electron chi connectivity index (χ1n) is 10.2. The molecule has 0 saturated heterocycles. The average Bonchev–Trinajstić information content (AvgIpc) is 2.85. The fourth-order valence-electron chi connectivity index (χ4n) is 2.89. The van der Waals surface area contributed by atoms with Gasteiger partial charge >= 0.3 is 6.61 Å². The molecule has 2 aromatic heterocycles. The third kappa shape index (κ3) is 6.79. The standard InChI is InChI=1S/C23H21F3N8O2/c1-3-19(35)31-14-4-5-17(24)18(9-14)33-21-16(13-6-7-29-20(8-13)36-22(25)26)12-30-23(34-21)32-15(10-27)11-28-2/h3-12,22H,1,27H2,2H3,(H,31,35)(H2,30,32,33,34)/b15-10+,28-11?. The van der Waals surface area contributed by atoms with Gasteiger partial charge in [0, 0.05) is 49.2 Å². The lowest BCUT2D eigenvalue weighted by Gasteiger charge is -2.15. The molecule has 0 bridgehead atoms. The van der Waals surface area contributed by atoms with Gasteiger partial charge in [0.1, 0.15) is 11.6 Å². The Balaban J connectivity index is 2.07. The summed E-state index contributed by atoms with van der Waals surface area (Å²) in [5.74, 6) is -1.29.